The first kappa shape index (κ1) is 13.5. The summed E-state index contributed by atoms with van der Waals surface area (Å²) in [5.74, 6) is -0.187. The minimum absolute atomic E-state index is 0.187. The van der Waals surface area contributed by atoms with E-state index in [-0.39, 0.29) is 11.9 Å². The van der Waals surface area contributed by atoms with E-state index >= 15 is 0 Å². The van der Waals surface area contributed by atoms with Crippen molar-refractivity contribution in [2.45, 2.75) is 44.2 Å². The average molecular weight is 250 g/mol. The molecule has 1 unspecified atom stereocenters. The van der Waals surface area contributed by atoms with E-state index in [1.165, 1.54) is 31.7 Å². The lowest BCUT2D eigenvalue weighted by Crippen LogP contribution is -2.32. The van der Waals surface area contributed by atoms with Crippen LogP contribution in [-0.2, 0) is 0 Å². The van der Waals surface area contributed by atoms with Gasteiger partial charge in [0.05, 0.1) is 0 Å². The third kappa shape index (κ3) is 3.30. The van der Waals surface area contributed by atoms with Gasteiger partial charge in [0.25, 0.3) is 0 Å². The number of nitrogens with zero attached hydrogens (tertiary/aromatic N) is 1. The van der Waals surface area contributed by atoms with E-state index in [9.17, 15) is 4.39 Å². The lowest BCUT2D eigenvalue weighted by atomic mass is 10.0. The summed E-state index contributed by atoms with van der Waals surface area (Å²) in [5, 5.41) is 0. The van der Waals surface area contributed by atoms with E-state index in [2.05, 4.69) is 11.9 Å². The molecule has 0 heterocycles. The molecule has 0 aliphatic heterocycles. The highest BCUT2D eigenvalue weighted by atomic mass is 19.1. The molecule has 0 amide bonds. The highest BCUT2D eigenvalue weighted by Gasteiger charge is 2.20. The first-order valence-corrected chi connectivity index (χ1v) is 6.88. The minimum atomic E-state index is -0.199. The lowest BCUT2D eigenvalue weighted by molar-refractivity contribution is 0.236. The molecule has 2 N–H and O–H groups in total. The van der Waals surface area contributed by atoms with Gasteiger partial charge < -0.3 is 10.6 Å². The Morgan fingerprint density at radius 2 is 2.00 bits per heavy atom. The Balaban J connectivity index is 1.84. The Morgan fingerprint density at radius 3 is 2.67 bits per heavy atom. The van der Waals surface area contributed by atoms with Crippen molar-refractivity contribution in [1.82, 2.24) is 4.90 Å². The van der Waals surface area contributed by atoms with Gasteiger partial charge in [0.1, 0.15) is 5.82 Å². The molecule has 1 aromatic carbocycles. The molecule has 1 atom stereocenters. The molecular weight excluding hydrogens is 227 g/mol. The standard InChI is InChI=1S/C15H23FN2/c1-18(12-6-2-3-7-12)11-10-15(17)13-8-4-5-9-14(13)16/h4-5,8-9,12,15H,2-3,6-7,10-11,17H2,1H3. The fourth-order valence-corrected chi connectivity index (χ4v) is 2.80. The Hall–Kier alpha value is -0.930. The molecule has 1 aromatic rings. The molecule has 1 aliphatic rings. The zero-order valence-corrected chi connectivity index (χ0v) is 11.1. The van der Waals surface area contributed by atoms with Gasteiger partial charge in [-0.1, -0.05) is 31.0 Å². The van der Waals surface area contributed by atoms with E-state index < -0.39 is 0 Å². The zero-order chi connectivity index (χ0) is 13.0. The predicted octanol–water partition coefficient (Wildman–Crippen LogP) is 3.09. The third-order valence-corrected chi connectivity index (χ3v) is 4.05. The Bertz CT molecular complexity index is 375. The maximum Gasteiger partial charge on any atom is 0.127 e. The summed E-state index contributed by atoms with van der Waals surface area (Å²) in [6.45, 7) is 0.945. The first-order chi connectivity index (χ1) is 8.68. The fourth-order valence-electron chi connectivity index (χ4n) is 2.80. The largest absolute Gasteiger partial charge is 0.324 e. The van der Waals surface area contributed by atoms with Crippen LogP contribution < -0.4 is 5.73 Å². The molecule has 2 nitrogen and oxygen atoms in total. The van der Waals surface area contributed by atoms with Gasteiger partial charge in [-0.25, -0.2) is 4.39 Å². The smallest absolute Gasteiger partial charge is 0.127 e. The van der Waals surface area contributed by atoms with Crippen LogP contribution >= 0.6 is 0 Å². The van der Waals surface area contributed by atoms with Gasteiger partial charge in [-0.05, 0) is 38.9 Å². The van der Waals surface area contributed by atoms with Gasteiger partial charge >= 0.3 is 0 Å². The number of benzene rings is 1. The summed E-state index contributed by atoms with van der Waals surface area (Å²) in [6.07, 6.45) is 6.09. The van der Waals surface area contributed by atoms with Gasteiger partial charge in [-0.15, -0.1) is 0 Å². The van der Waals surface area contributed by atoms with Gasteiger partial charge in [0.15, 0.2) is 0 Å². The number of hydrogen-bond acceptors (Lipinski definition) is 2. The average Bonchev–Trinajstić information content (AvgIpc) is 2.90. The van der Waals surface area contributed by atoms with Gasteiger partial charge in [0, 0.05) is 17.6 Å². The molecule has 18 heavy (non-hydrogen) atoms. The number of halogens is 1. The SMILES string of the molecule is CN(CCC(N)c1ccccc1F)C1CCCC1. The highest BCUT2D eigenvalue weighted by Crippen LogP contribution is 2.24. The van der Waals surface area contributed by atoms with Crippen LogP contribution in [0.25, 0.3) is 0 Å². The van der Waals surface area contributed by atoms with Crippen molar-refractivity contribution < 1.29 is 4.39 Å². The summed E-state index contributed by atoms with van der Waals surface area (Å²) in [6, 6.07) is 7.33. The van der Waals surface area contributed by atoms with E-state index in [0.29, 0.717) is 11.6 Å². The van der Waals surface area contributed by atoms with Crippen molar-refractivity contribution in [2.75, 3.05) is 13.6 Å². The summed E-state index contributed by atoms with van der Waals surface area (Å²) in [4.78, 5) is 2.38. The van der Waals surface area contributed by atoms with E-state index in [4.69, 9.17) is 5.73 Å². The van der Waals surface area contributed by atoms with Crippen molar-refractivity contribution in [3.05, 3.63) is 35.6 Å². The molecule has 0 aromatic heterocycles. The quantitative estimate of drug-likeness (QED) is 0.870. The number of nitrogens with two attached hydrogens (primary N) is 1. The molecule has 1 aliphatic carbocycles. The van der Waals surface area contributed by atoms with Gasteiger partial charge in [-0.2, -0.15) is 0 Å². The minimum Gasteiger partial charge on any atom is -0.324 e. The predicted molar refractivity (Wildman–Crippen MR) is 72.8 cm³/mol. The molecule has 2 rings (SSSR count). The summed E-state index contributed by atoms with van der Waals surface area (Å²) < 4.78 is 13.6. The normalized spacial score (nSPS) is 18.4. The second-order valence-electron chi connectivity index (χ2n) is 5.34. The maximum atomic E-state index is 13.6. The van der Waals surface area contributed by atoms with Crippen LogP contribution in [-0.4, -0.2) is 24.5 Å². The monoisotopic (exact) mass is 250 g/mol. The van der Waals surface area contributed by atoms with Crippen LogP contribution in [0, 0.1) is 5.82 Å². The fraction of sp³-hybridized carbons (Fsp3) is 0.600. The Kier molecular flexibility index (Phi) is 4.72. The van der Waals surface area contributed by atoms with Crippen molar-refractivity contribution in [3.8, 4) is 0 Å². The van der Waals surface area contributed by atoms with Crippen molar-refractivity contribution >= 4 is 0 Å². The Labute approximate surface area is 109 Å². The number of rotatable bonds is 5. The van der Waals surface area contributed by atoms with Crippen LogP contribution in [0.5, 0.6) is 0 Å². The maximum absolute atomic E-state index is 13.6. The topological polar surface area (TPSA) is 29.3 Å². The van der Waals surface area contributed by atoms with E-state index in [1.807, 2.05) is 6.07 Å². The van der Waals surface area contributed by atoms with Crippen molar-refractivity contribution in [3.63, 3.8) is 0 Å². The molecule has 0 radical (unpaired) electrons. The second kappa shape index (κ2) is 6.30. The lowest BCUT2D eigenvalue weighted by Gasteiger charge is -2.25. The van der Waals surface area contributed by atoms with Gasteiger partial charge in [-0.3, -0.25) is 0 Å². The van der Waals surface area contributed by atoms with Crippen molar-refractivity contribution in [2.24, 2.45) is 5.73 Å². The molecule has 0 saturated heterocycles. The number of hydrogen-bond donors (Lipinski definition) is 1. The van der Waals surface area contributed by atoms with Crippen LogP contribution in [0.2, 0.25) is 0 Å². The van der Waals surface area contributed by atoms with E-state index in [1.54, 1.807) is 12.1 Å². The molecule has 100 valence electrons. The molecular formula is C15H23FN2. The zero-order valence-electron chi connectivity index (χ0n) is 11.1. The van der Waals surface area contributed by atoms with Gasteiger partial charge in [0.2, 0.25) is 0 Å². The summed E-state index contributed by atoms with van der Waals surface area (Å²) >= 11 is 0. The third-order valence-electron chi connectivity index (χ3n) is 4.05. The van der Waals surface area contributed by atoms with Crippen LogP contribution in [0.4, 0.5) is 4.39 Å². The van der Waals surface area contributed by atoms with E-state index in [0.717, 1.165) is 13.0 Å². The van der Waals surface area contributed by atoms with Crippen LogP contribution in [0.3, 0.4) is 0 Å². The second-order valence-corrected chi connectivity index (χ2v) is 5.34. The highest BCUT2D eigenvalue weighted by molar-refractivity contribution is 5.20. The molecule has 0 bridgehead atoms. The molecule has 3 heteroatoms. The van der Waals surface area contributed by atoms with Crippen LogP contribution in [0.15, 0.2) is 24.3 Å². The molecule has 1 fully saturated rings. The summed E-state index contributed by atoms with van der Waals surface area (Å²) in [5.41, 5.74) is 6.71. The molecule has 0 spiro atoms. The van der Waals surface area contributed by atoms with Crippen molar-refractivity contribution in [1.29, 1.82) is 0 Å². The van der Waals surface area contributed by atoms with Crippen LogP contribution in [0.1, 0.15) is 43.7 Å². The molecule has 1 saturated carbocycles. The first-order valence-electron chi connectivity index (χ1n) is 6.88. The summed E-state index contributed by atoms with van der Waals surface area (Å²) in [7, 11) is 2.16. The Morgan fingerprint density at radius 1 is 1.33 bits per heavy atom.